The summed E-state index contributed by atoms with van der Waals surface area (Å²) in [5.74, 6) is 0. The molecule has 2 aromatic rings. The van der Waals surface area contributed by atoms with Crippen molar-refractivity contribution in [3.8, 4) is 54.6 Å². The number of halogens is 3. The van der Waals surface area contributed by atoms with Crippen LogP contribution in [0.2, 0.25) is 0 Å². The van der Waals surface area contributed by atoms with Gasteiger partial charge in [0.2, 0.25) is 0 Å². The van der Waals surface area contributed by atoms with Gasteiger partial charge < -0.3 is 0 Å². The van der Waals surface area contributed by atoms with Crippen LogP contribution in [0.4, 0.5) is 13.2 Å². The summed E-state index contributed by atoms with van der Waals surface area (Å²) in [6.07, 6.45) is -5.30. The second-order valence-electron chi connectivity index (χ2n) is 6.41. The molecule has 36 heavy (non-hydrogen) atoms. The maximum Gasteiger partial charge on any atom is 0.418 e. The van der Waals surface area contributed by atoms with Crippen LogP contribution in [0.15, 0.2) is 12.1 Å². The van der Waals surface area contributed by atoms with Gasteiger partial charge in [-0.15, -0.1) is 0 Å². The van der Waals surface area contributed by atoms with Crippen molar-refractivity contribution in [1.29, 1.82) is 47.4 Å². The molecule has 0 saturated heterocycles. The number of benzene rings is 2. The van der Waals surface area contributed by atoms with Gasteiger partial charge in [0.15, 0.2) is 0 Å². The number of hydrogen-bond acceptors (Lipinski definition) is 9. The van der Waals surface area contributed by atoms with Gasteiger partial charge in [0, 0.05) is 16.0 Å². The zero-order chi connectivity index (χ0) is 27.2. The summed E-state index contributed by atoms with van der Waals surface area (Å²) >= 11 is 0. The van der Waals surface area contributed by atoms with Crippen molar-refractivity contribution in [2.24, 2.45) is 0 Å². The summed E-state index contributed by atoms with van der Waals surface area (Å²) in [6.45, 7) is 0. The lowest BCUT2D eigenvalue weighted by molar-refractivity contribution is -0.138. The summed E-state index contributed by atoms with van der Waals surface area (Å²) in [6, 6.07) is 14.4. The molecule has 0 bridgehead atoms. The Bertz CT molecular complexity index is 1790. The van der Waals surface area contributed by atoms with Gasteiger partial charge in [0.05, 0.1) is 44.5 Å². The molecule has 0 spiro atoms. The molecule has 164 valence electrons. The van der Waals surface area contributed by atoms with Crippen molar-refractivity contribution in [3.63, 3.8) is 0 Å². The van der Waals surface area contributed by atoms with Gasteiger partial charge >= 0.3 is 6.18 Å². The number of nitrogens with zero attached hydrogens (tertiary/aromatic N) is 9. The van der Waals surface area contributed by atoms with Crippen molar-refractivity contribution in [3.05, 3.63) is 67.1 Å². The molecule has 2 rings (SSSR count). The molecule has 0 atom stereocenters. The fourth-order valence-corrected chi connectivity index (χ4v) is 3.40. The largest absolute Gasteiger partial charge is 0.418 e. The first-order chi connectivity index (χ1) is 17.1. The normalized spacial score (nSPS) is 9.28. The van der Waals surface area contributed by atoms with Crippen LogP contribution in [0, 0.1) is 102 Å². The van der Waals surface area contributed by atoms with Crippen LogP contribution in [-0.4, -0.2) is 0 Å². The van der Waals surface area contributed by atoms with E-state index in [0.29, 0.717) is 6.07 Å². The highest BCUT2D eigenvalue weighted by molar-refractivity contribution is 5.85. The van der Waals surface area contributed by atoms with Gasteiger partial charge in [0.25, 0.3) is 0 Å². The maximum absolute atomic E-state index is 14.0. The van der Waals surface area contributed by atoms with Crippen molar-refractivity contribution in [1.82, 2.24) is 0 Å². The summed E-state index contributed by atoms with van der Waals surface area (Å²) in [4.78, 5) is 0. The van der Waals surface area contributed by atoms with Crippen LogP contribution in [-0.2, 0) is 6.18 Å². The predicted molar refractivity (Wildman–Crippen MR) is 108 cm³/mol. The molecule has 0 aliphatic heterocycles. The molecule has 2 aromatic carbocycles. The Morgan fingerprint density at radius 2 is 1.00 bits per heavy atom. The van der Waals surface area contributed by atoms with E-state index in [9.17, 15) is 55.3 Å². The Balaban J connectivity index is 3.62. The van der Waals surface area contributed by atoms with Crippen molar-refractivity contribution in [2.75, 3.05) is 0 Å². The molecular formula is C24H2F3N9. The average molecular weight is 473 g/mol. The molecule has 0 N–H and O–H groups in total. The quantitative estimate of drug-likeness (QED) is 0.589. The van der Waals surface area contributed by atoms with Crippen LogP contribution in [0.3, 0.4) is 0 Å². The van der Waals surface area contributed by atoms with E-state index >= 15 is 0 Å². The van der Waals surface area contributed by atoms with E-state index in [2.05, 4.69) is 0 Å². The summed E-state index contributed by atoms with van der Waals surface area (Å²) < 4.78 is 42.1. The number of alkyl halides is 3. The third kappa shape index (κ3) is 3.85. The third-order valence-electron chi connectivity index (χ3n) is 4.77. The Hall–Kier alpha value is -6.62. The van der Waals surface area contributed by atoms with E-state index in [1.54, 1.807) is 0 Å². The monoisotopic (exact) mass is 473 g/mol. The zero-order valence-corrected chi connectivity index (χ0v) is 17.3. The molecule has 0 unspecified atom stereocenters. The van der Waals surface area contributed by atoms with Crippen molar-refractivity contribution >= 4 is 11.1 Å². The van der Waals surface area contributed by atoms with E-state index < -0.39 is 72.3 Å². The van der Waals surface area contributed by atoms with Crippen LogP contribution in [0.1, 0.15) is 44.5 Å². The van der Waals surface area contributed by atoms with Crippen LogP contribution < -0.4 is 10.4 Å². The second kappa shape index (κ2) is 9.89. The van der Waals surface area contributed by atoms with Gasteiger partial charge in [-0.2, -0.15) is 60.5 Å². The minimum Gasteiger partial charge on any atom is -0.192 e. The van der Waals surface area contributed by atoms with E-state index in [4.69, 9.17) is 5.26 Å². The first kappa shape index (κ1) is 25.6. The number of rotatable bonds is 1. The molecule has 0 radical (unpaired) electrons. The van der Waals surface area contributed by atoms with E-state index in [1.807, 2.05) is 0 Å². The molecule has 9 nitrogen and oxygen atoms in total. The van der Waals surface area contributed by atoms with Gasteiger partial charge in [0.1, 0.15) is 60.2 Å². The maximum atomic E-state index is 14.0. The first-order valence-corrected chi connectivity index (χ1v) is 8.99. The van der Waals surface area contributed by atoms with Gasteiger partial charge in [-0.25, -0.2) is 0 Å². The van der Waals surface area contributed by atoms with Crippen LogP contribution in [0.25, 0.3) is 11.1 Å². The van der Waals surface area contributed by atoms with Gasteiger partial charge in [-0.1, -0.05) is 6.07 Å². The molecule has 0 amide bonds. The molecular weight excluding hydrogens is 471 g/mol. The lowest BCUT2D eigenvalue weighted by atomic mass is 9.86. The molecule has 0 aliphatic rings. The van der Waals surface area contributed by atoms with Crippen LogP contribution in [0.5, 0.6) is 0 Å². The van der Waals surface area contributed by atoms with Gasteiger partial charge in [-0.3, -0.25) is 0 Å². The molecule has 0 aliphatic carbocycles. The Kier molecular flexibility index (Phi) is 7.04. The van der Waals surface area contributed by atoms with Crippen LogP contribution >= 0.6 is 0 Å². The lowest BCUT2D eigenvalue weighted by Crippen LogP contribution is -2.30. The molecule has 12 heteroatoms. The Labute approximate surface area is 200 Å². The highest BCUT2D eigenvalue weighted by Gasteiger charge is 2.39. The summed E-state index contributed by atoms with van der Waals surface area (Å²) in [5, 5.41) is 84.1. The summed E-state index contributed by atoms with van der Waals surface area (Å²) in [5.41, 5.74) is -9.64. The third-order valence-corrected chi connectivity index (χ3v) is 4.77. The molecule has 0 saturated carbocycles. The fourth-order valence-electron chi connectivity index (χ4n) is 3.40. The number of hydrogen-bond donors (Lipinski definition) is 0. The standard InChI is InChI=1S/C24H2F3N9/c25-24(26,27)23-14(2-1-12(3-28)15(23)6-31)16(7-32)22-19(10-35)17(8-33)21(13(4-29)5-30)18(9-34)20(22)11-36/h1-2H. The topological polar surface area (TPSA) is 214 Å². The molecule has 0 aromatic heterocycles. The average Bonchev–Trinajstić information content (AvgIpc) is 2.87. The van der Waals surface area contributed by atoms with Gasteiger partial charge in [-0.05, 0) is 6.07 Å². The highest BCUT2D eigenvalue weighted by Crippen LogP contribution is 2.38. The SMILES string of the molecule is N#CC(C#N)=c1c(C#N)c(C#N)c(=C(C#N)c2ccc(C#N)c(C#N)c2C(F)(F)F)c(C#N)c1C#N. The summed E-state index contributed by atoms with van der Waals surface area (Å²) in [7, 11) is 0. The Morgan fingerprint density at radius 1 is 0.556 bits per heavy atom. The zero-order valence-electron chi connectivity index (χ0n) is 17.3. The van der Waals surface area contributed by atoms with E-state index in [0.717, 1.165) is 6.07 Å². The minimum absolute atomic E-state index is 0.667. The predicted octanol–water partition coefficient (Wildman–Crippen LogP) is 1.86. The highest BCUT2D eigenvalue weighted by atomic mass is 19.4. The lowest BCUT2D eigenvalue weighted by Gasteiger charge is -2.16. The Morgan fingerprint density at radius 3 is 1.33 bits per heavy atom. The van der Waals surface area contributed by atoms with Crippen molar-refractivity contribution in [2.45, 2.75) is 6.18 Å². The first-order valence-electron chi connectivity index (χ1n) is 8.99. The second-order valence-corrected chi connectivity index (χ2v) is 6.41. The van der Waals surface area contributed by atoms with Crippen molar-refractivity contribution < 1.29 is 13.2 Å². The number of nitriles is 9. The minimum atomic E-state index is -5.30. The molecule has 0 heterocycles. The fraction of sp³-hybridized carbons (Fsp3) is 0.0417. The smallest absolute Gasteiger partial charge is 0.192 e. The molecule has 0 fully saturated rings. The van der Waals surface area contributed by atoms with E-state index in [1.165, 1.54) is 54.6 Å². The van der Waals surface area contributed by atoms with E-state index in [-0.39, 0.29) is 0 Å².